The molecule has 2 aromatic rings. The molecule has 0 aliphatic heterocycles. The smallest absolute Gasteiger partial charge is 0.216 e. The quantitative estimate of drug-likeness (QED) is 0.793. The molecule has 1 heterocycles. The molecular formula is C16H20N2O2S. The van der Waals surface area contributed by atoms with E-state index in [1.807, 2.05) is 30.3 Å². The molecule has 0 saturated carbocycles. The second-order valence-electron chi connectivity index (χ2n) is 4.78. The van der Waals surface area contributed by atoms with Gasteiger partial charge in [0.2, 0.25) is 11.8 Å². The zero-order valence-corrected chi connectivity index (χ0v) is 13.2. The van der Waals surface area contributed by atoms with E-state index in [0.29, 0.717) is 0 Å². The zero-order valence-electron chi connectivity index (χ0n) is 12.3. The number of amides is 1. The highest BCUT2D eigenvalue weighted by atomic mass is 32.2. The number of thioether (sulfide) groups is 1. The van der Waals surface area contributed by atoms with Crippen LogP contribution in [0, 0.1) is 0 Å². The first-order chi connectivity index (χ1) is 10.2. The predicted octanol–water partition coefficient (Wildman–Crippen LogP) is 3.66. The maximum atomic E-state index is 10.8. The largest absolute Gasteiger partial charge is 0.440 e. The second kappa shape index (κ2) is 7.88. The summed E-state index contributed by atoms with van der Waals surface area (Å²) in [6.07, 6.45) is 2.72. The Bertz CT molecular complexity index is 569. The summed E-state index contributed by atoms with van der Waals surface area (Å²) in [6, 6.07) is 9.97. The van der Waals surface area contributed by atoms with Crippen LogP contribution in [0.3, 0.4) is 0 Å². The van der Waals surface area contributed by atoms with Crippen molar-refractivity contribution in [3.05, 3.63) is 42.4 Å². The lowest BCUT2D eigenvalue weighted by Crippen LogP contribution is -2.21. The maximum Gasteiger partial charge on any atom is 0.216 e. The van der Waals surface area contributed by atoms with E-state index < -0.39 is 0 Å². The highest BCUT2D eigenvalue weighted by Gasteiger charge is 2.13. The van der Waals surface area contributed by atoms with E-state index in [0.717, 1.165) is 35.9 Å². The number of oxazole rings is 1. The summed E-state index contributed by atoms with van der Waals surface area (Å²) >= 11 is 1.78. The Kier molecular flexibility index (Phi) is 5.87. The van der Waals surface area contributed by atoms with Crippen LogP contribution in [-0.4, -0.2) is 23.2 Å². The van der Waals surface area contributed by atoms with Crippen molar-refractivity contribution in [1.29, 1.82) is 0 Å². The SMILES string of the molecule is CC(=O)NCCCS[C@@H](C)c1ncc(-c2ccccc2)o1. The molecule has 0 saturated heterocycles. The van der Waals surface area contributed by atoms with E-state index >= 15 is 0 Å². The van der Waals surface area contributed by atoms with Gasteiger partial charge in [-0.2, -0.15) is 0 Å². The van der Waals surface area contributed by atoms with Crippen molar-refractivity contribution in [2.75, 3.05) is 12.3 Å². The molecule has 0 bridgehead atoms. The number of hydrogen-bond donors (Lipinski definition) is 1. The lowest BCUT2D eigenvalue weighted by molar-refractivity contribution is -0.118. The number of aromatic nitrogens is 1. The number of carbonyl (C=O) groups is 1. The molecule has 1 aromatic heterocycles. The molecule has 2 rings (SSSR count). The molecule has 1 atom stereocenters. The van der Waals surface area contributed by atoms with Gasteiger partial charge in [0.05, 0.1) is 11.4 Å². The van der Waals surface area contributed by atoms with Crippen LogP contribution in [0.5, 0.6) is 0 Å². The number of benzene rings is 1. The molecule has 1 aromatic carbocycles. The maximum absolute atomic E-state index is 10.8. The summed E-state index contributed by atoms with van der Waals surface area (Å²) in [7, 11) is 0. The topological polar surface area (TPSA) is 55.1 Å². The van der Waals surface area contributed by atoms with Gasteiger partial charge in [-0.15, -0.1) is 11.8 Å². The molecule has 21 heavy (non-hydrogen) atoms. The Morgan fingerprint density at radius 1 is 1.38 bits per heavy atom. The number of nitrogens with zero attached hydrogens (tertiary/aromatic N) is 1. The summed E-state index contributed by atoms with van der Waals surface area (Å²) < 4.78 is 5.83. The van der Waals surface area contributed by atoms with E-state index in [4.69, 9.17) is 4.42 Å². The fourth-order valence-corrected chi connectivity index (χ4v) is 2.80. The molecule has 1 amide bonds. The Hall–Kier alpha value is -1.75. The van der Waals surface area contributed by atoms with Crippen LogP contribution in [0.4, 0.5) is 0 Å². The van der Waals surface area contributed by atoms with Gasteiger partial charge in [-0.1, -0.05) is 30.3 Å². The molecule has 0 unspecified atom stereocenters. The Morgan fingerprint density at radius 2 is 2.14 bits per heavy atom. The number of rotatable bonds is 7. The van der Waals surface area contributed by atoms with Gasteiger partial charge in [0.25, 0.3) is 0 Å². The first-order valence-corrected chi connectivity index (χ1v) is 8.09. The minimum absolute atomic E-state index is 0.0215. The number of hydrogen-bond acceptors (Lipinski definition) is 4. The number of carbonyl (C=O) groups excluding carboxylic acids is 1. The molecule has 0 fully saturated rings. The summed E-state index contributed by atoms with van der Waals surface area (Å²) in [4.78, 5) is 15.1. The third-order valence-electron chi connectivity index (χ3n) is 2.99. The van der Waals surface area contributed by atoms with E-state index in [2.05, 4.69) is 17.2 Å². The highest BCUT2D eigenvalue weighted by molar-refractivity contribution is 7.99. The van der Waals surface area contributed by atoms with E-state index in [-0.39, 0.29) is 11.2 Å². The molecular weight excluding hydrogens is 284 g/mol. The van der Waals surface area contributed by atoms with Crippen molar-refractivity contribution in [3.8, 4) is 11.3 Å². The molecule has 5 heteroatoms. The van der Waals surface area contributed by atoms with Crippen LogP contribution in [-0.2, 0) is 4.79 Å². The molecule has 0 aliphatic carbocycles. The average Bonchev–Trinajstić information content (AvgIpc) is 2.97. The third kappa shape index (κ3) is 4.93. The Labute approximate surface area is 129 Å². The highest BCUT2D eigenvalue weighted by Crippen LogP contribution is 2.30. The minimum atomic E-state index is 0.0215. The predicted molar refractivity (Wildman–Crippen MR) is 86.1 cm³/mol. The summed E-state index contributed by atoms with van der Waals surface area (Å²) in [6.45, 7) is 4.34. The minimum Gasteiger partial charge on any atom is -0.440 e. The first-order valence-electron chi connectivity index (χ1n) is 7.04. The standard InChI is InChI=1S/C16H20N2O2S/c1-12(21-10-6-9-17-13(2)19)16-18-11-15(20-16)14-7-4-3-5-8-14/h3-5,7-8,11-12H,6,9-10H2,1-2H3,(H,17,19)/t12-/m0/s1. The van der Waals surface area contributed by atoms with Crippen molar-refractivity contribution < 1.29 is 9.21 Å². The molecule has 0 aliphatic rings. The van der Waals surface area contributed by atoms with Crippen LogP contribution in [0.25, 0.3) is 11.3 Å². The monoisotopic (exact) mass is 304 g/mol. The van der Waals surface area contributed by atoms with Gasteiger partial charge in [-0.25, -0.2) is 4.98 Å². The summed E-state index contributed by atoms with van der Waals surface area (Å²) in [5.74, 6) is 2.53. The van der Waals surface area contributed by atoms with Crippen LogP contribution in [0.15, 0.2) is 40.9 Å². The van der Waals surface area contributed by atoms with Gasteiger partial charge in [-0.3, -0.25) is 4.79 Å². The number of nitrogens with one attached hydrogen (secondary N) is 1. The lowest BCUT2D eigenvalue weighted by atomic mass is 10.2. The van der Waals surface area contributed by atoms with Crippen LogP contribution < -0.4 is 5.32 Å². The zero-order chi connectivity index (χ0) is 15.1. The first kappa shape index (κ1) is 15.6. The normalized spacial score (nSPS) is 12.1. The van der Waals surface area contributed by atoms with Crippen molar-refractivity contribution >= 4 is 17.7 Å². The molecule has 112 valence electrons. The van der Waals surface area contributed by atoms with Crippen LogP contribution >= 0.6 is 11.8 Å². The second-order valence-corrected chi connectivity index (χ2v) is 6.23. The van der Waals surface area contributed by atoms with Crippen molar-refractivity contribution in [1.82, 2.24) is 10.3 Å². The van der Waals surface area contributed by atoms with E-state index in [1.165, 1.54) is 6.92 Å². The van der Waals surface area contributed by atoms with E-state index in [9.17, 15) is 4.79 Å². The van der Waals surface area contributed by atoms with Gasteiger partial charge >= 0.3 is 0 Å². The molecule has 0 radical (unpaired) electrons. The van der Waals surface area contributed by atoms with Crippen LogP contribution in [0.2, 0.25) is 0 Å². The third-order valence-corrected chi connectivity index (χ3v) is 4.22. The summed E-state index contributed by atoms with van der Waals surface area (Å²) in [5, 5.41) is 3.00. The average molecular weight is 304 g/mol. The van der Waals surface area contributed by atoms with Gasteiger partial charge in [-0.05, 0) is 19.1 Å². The molecule has 4 nitrogen and oxygen atoms in total. The van der Waals surface area contributed by atoms with Gasteiger partial charge in [0.1, 0.15) is 0 Å². The molecule has 1 N–H and O–H groups in total. The Morgan fingerprint density at radius 3 is 2.86 bits per heavy atom. The van der Waals surface area contributed by atoms with Gasteiger partial charge in [0, 0.05) is 19.0 Å². The fraction of sp³-hybridized carbons (Fsp3) is 0.375. The Balaban J connectivity index is 1.82. The molecule has 0 spiro atoms. The van der Waals surface area contributed by atoms with Crippen LogP contribution in [0.1, 0.15) is 31.4 Å². The summed E-state index contributed by atoms with van der Waals surface area (Å²) in [5.41, 5.74) is 1.04. The fourth-order valence-electron chi connectivity index (χ4n) is 1.88. The van der Waals surface area contributed by atoms with Crippen molar-refractivity contribution in [2.24, 2.45) is 0 Å². The van der Waals surface area contributed by atoms with Crippen molar-refractivity contribution in [3.63, 3.8) is 0 Å². The van der Waals surface area contributed by atoms with Gasteiger partial charge < -0.3 is 9.73 Å². The van der Waals surface area contributed by atoms with Crippen molar-refractivity contribution in [2.45, 2.75) is 25.5 Å². The lowest BCUT2D eigenvalue weighted by Gasteiger charge is -2.07. The van der Waals surface area contributed by atoms with Gasteiger partial charge in [0.15, 0.2) is 5.76 Å². The van der Waals surface area contributed by atoms with E-state index in [1.54, 1.807) is 18.0 Å².